The van der Waals surface area contributed by atoms with Crippen LogP contribution in [0.2, 0.25) is 5.02 Å². The van der Waals surface area contributed by atoms with Crippen molar-refractivity contribution < 1.29 is 23.5 Å². The molecular weight excluding hydrogens is 405 g/mol. The Kier molecular flexibility index (Phi) is 6.26. The number of hydrogen-bond donors (Lipinski definition) is 0. The molecule has 0 aromatic heterocycles. The van der Waals surface area contributed by atoms with Crippen LogP contribution in [0.5, 0.6) is 11.5 Å². The monoisotopic (exact) mass is 421 g/mol. The minimum Gasteiger partial charge on any atom is -0.493 e. The summed E-state index contributed by atoms with van der Waals surface area (Å²) in [6.45, 7) is 2.31. The van der Waals surface area contributed by atoms with Gasteiger partial charge in [0.05, 0.1) is 25.2 Å². The third-order valence-corrected chi connectivity index (χ3v) is 5.26. The first kappa shape index (κ1) is 20.2. The molecule has 1 aliphatic heterocycles. The van der Waals surface area contributed by atoms with E-state index in [0.717, 1.165) is 22.7 Å². The van der Waals surface area contributed by atoms with Crippen molar-refractivity contribution in [2.45, 2.75) is 13.5 Å². The Bertz CT molecular complexity index is 963. The van der Waals surface area contributed by atoms with Gasteiger partial charge >= 0.3 is 0 Å². The summed E-state index contributed by atoms with van der Waals surface area (Å²) in [7, 11) is 1.55. The molecule has 1 saturated heterocycles. The van der Waals surface area contributed by atoms with E-state index >= 15 is 0 Å². The van der Waals surface area contributed by atoms with Crippen LogP contribution in [0.3, 0.4) is 0 Å². The molecule has 146 valence electrons. The van der Waals surface area contributed by atoms with E-state index in [0.29, 0.717) is 29.2 Å². The van der Waals surface area contributed by atoms with Crippen molar-refractivity contribution in [3.8, 4) is 11.5 Å². The number of hydrogen-bond acceptors (Lipinski definition) is 5. The Hall–Kier alpha value is -2.51. The van der Waals surface area contributed by atoms with Crippen LogP contribution in [-0.2, 0) is 11.3 Å². The molecule has 8 heteroatoms. The highest BCUT2D eigenvalue weighted by molar-refractivity contribution is 8.18. The van der Waals surface area contributed by atoms with Crippen molar-refractivity contribution in [3.05, 3.63) is 63.3 Å². The molecule has 1 fully saturated rings. The number of rotatable bonds is 6. The van der Waals surface area contributed by atoms with Crippen molar-refractivity contribution >= 4 is 40.6 Å². The van der Waals surface area contributed by atoms with Gasteiger partial charge in [0.25, 0.3) is 11.1 Å². The van der Waals surface area contributed by atoms with E-state index in [4.69, 9.17) is 21.1 Å². The van der Waals surface area contributed by atoms with Gasteiger partial charge in [0.15, 0.2) is 11.5 Å². The Balaban J connectivity index is 1.83. The highest BCUT2D eigenvalue weighted by Crippen LogP contribution is 2.36. The van der Waals surface area contributed by atoms with Crippen LogP contribution in [0.25, 0.3) is 6.08 Å². The van der Waals surface area contributed by atoms with Gasteiger partial charge in [-0.05, 0) is 60.2 Å². The minimum absolute atomic E-state index is 0.0199. The summed E-state index contributed by atoms with van der Waals surface area (Å²) < 4.78 is 24.0. The fourth-order valence-electron chi connectivity index (χ4n) is 2.66. The lowest BCUT2D eigenvalue weighted by molar-refractivity contribution is -0.123. The van der Waals surface area contributed by atoms with Crippen molar-refractivity contribution in [1.29, 1.82) is 0 Å². The Morgan fingerprint density at radius 2 is 1.96 bits per heavy atom. The lowest BCUT2D eigenvalue weighted by Crippen LogP contribution is -2.27. The molecule has 28 heavy (non-hydrogen) atoms. The minimum atomic E-state index is -0.479. The first-order chi connectivity index (χ1) is 13.4. The average Bonchev–Trinajstić information content (AvgIpc) is 2.91. The first-order valence-corrected chi connectivity index (χ1v) is 9.62. The third-order valence-electron chi connectivity index (χ3n) is 4.00. The van der Waals surface area contributed by atoms with Crippen LogP contribution in [0.15, 0.2) is 41.3 Å². The van der Waals surface area contributed by atoms with Crippen LogP contribution in [0.1, 0.15) is 18.1 Å². The topological polar surface area (TPSA) is 55.8 Å². The second-order valence-corrected chi connectivity index (χ2v) is 7.25. The van der Waals surface area contributed by atoms with Gasteiger partial charge in [-0.15, -0.1) is 0 Å². The van der Waals surface area contributed by atoms with Gasteiger partial charge in [0, 0.05) is 5.02 Å². The summed E-state index contributed by atoms with van der Waals surface area (Å²) in [5, 5.41) is -0.241. The number of nitrogens with zero attached hydrogens (tertiary/aromatic N) is 1. The van der Waals surface area contributed by atoms with E-state index in [-0.39, 0.29) is 16.5 Å². The van der Waals surface area contributed by atoms with Crippen LogP contribution >= 0.6 is 23.4 Å². The van der Waals surface area contributed by atoms with Crippen molar-refractivity contribution in [1.82, 2.24) is 4.90 Å². The summed E-state index contributed by atoms with van der Waals surface area (Å²) in [5.41, 5.74) is 1.20. The lowest BCUT2D eigenvalue weighted by Gasteiger charge is -2.13. The summed E-state index contributed by atoms with van der Waals surface area (Å²) >= 11 is 6.85. The Morgan fingerprint density at radius 1 is 1.18 bits per heavy atom. The Labute approximate surface area is 171 Å². The number of ether oxygens (including phenoxy) is 2. The number of carbonyl (C=O) groups is 2. The molecule has 0 unspecified atom stereocenters. The number of thioether (sulfide) groups is 1. The predicted octanol–water partition coefficient (Wildman–Crippen LogP) is 5.12. The van der Waals surface area contributed by atoms with Gasteiger partial charge in [0.1, 0.15) is 5.82 Å². The second-order valence-electron chi connectivity index (χ2n) is 5.85. The molecule has 2 aromatic carbocycles. The number of halogens is 2. The quantitative estimate of drug-likeness (QED) is 0.606. The number of methoxy groups -OCH3 is 1. The molecule has 2 amide bonds. The van der Waals surface area contributed by atoms with E-state index in [1.165, 1.54) is 12.1 Å². The molecule has 3 rings (SSSR count). The van der Waals surface area contributed by atoms with E-state index < -0.39 is 17.0 Å². The van der Waals surface area contributed by atoms with E-state index in [2.05, 4.69) is 0 Å². The molecule has 0 bridgehead atoms. The zero-order valence-electron chi connectivity index (χ0n) is 15.2. The summed E-state index contributed by atoms with van der Waals surface area (Å²) in [4.78, 5) is 26.4. The SMILES string of the molecule is CCOc1cc(/C=C2/SC(=O)N(Cc3ccc(F)cc3Cl)C2=O)ccc1OC. The largest absolute Gasteiger partial charge is 0.493 e. The lowest BCUT2D eigenvalue weighted by atomic mass is 10.1. The summed E-state index contributed by atoms with van der Waals surface area (Å²) in [5.74, 6) is 0.227. The zero-order chi connectivity index (χ0) is 20.3. The third kappa shape index (κ3) is 4.31. The highest BCUT2D eigenvalue weighted by Gasteiger charge is 2.35. The van der Waals surface area contributed by atoms with Gasteiger partial charge in [0.2, 0.25) is 0 Å². The van der Waals surface area contributed by atoms with E-state index in [1.807, 2.05) is 6.92 Å². The molecule has 0 spiro atoms. The molecule has 0 saturated carbocycles. The molecule has 2 aromatic rings. The molecule has 0 N–H and O–H groups in total. The van der Waals surface area contributed by atoms with Gasteiger partial charge in [-0.3, -0.25) is 14.5 Å². The fourth-order valence-corrected chi connectivity index (χ4v) is 3.72. The number of benzene rings is 2. The maximum Gasteiger partial charge on any atom is 0.293 e. The number of amides is 2. The van der Waals surface area contributed by atoms with E-state index in [9.17, 15) is 14.0 Å². The van der Waals surface area contributed by atoms with E-state index in [1.54, 1.807) is 31.4 Å². The van der Waals surface area contributed by atoms with Crippen LogP contribution in [-0.4, -0.2) is 29.8 Å². The fraction of sp³-hybridized carbons (Fsp3) is 0.200. The van der Waals surface area contributed by atoms with Gasteiger partial charge in [-0.2, -0.15) is 0 Å². The van der Waals surface area contributed by atoms with Crippen LogP contribution in [0, 0.1) is 5.82 Å². The molecule has 1 aliphatic rings. The molecule has 0 aliphatic carbocycles. The summed E-state index contributed by atoms with van der Waals surface area (Å²) in [6.07, 6.45) is 1.62. The smallest absolute Gasteiger partial charge is 0.293 e. The van der Waals surface area contributed by atoms with Crippen molar-refractivity contribution in [2.75, 3.05) is 13.7 Å². The molecule has 5 nitrogen and oxygen atoms in total. The van der Waals surface area contributed by atoms with Crippen molar-refractivity contribution in [2.24, 2.45) is 0 Å². The molecule has 0 atom stereocenters. The maximum atomic E-state index is 13.2. The number of carbonyl (C=O) groups excluding carboxylic acids is 2. The molecule has 0 radical (unpaired) electrons. The van der Waals surface area contributed by atoms with Crippen molar-refractivity contribution in [3.63, 3.8) is 0 Å². The molecule has 1 heterocycles. The second kappa shape index (κ2) is 8.67. The van der Waals surface area contributed by atoms with Gasteiger partial charge in [-0.25, -0.2) is 4.39 Å². The normalized spacial score (nSPS) is 15.4. The standard InChI is InChI=1S/C20H17ClFNO4S/c1-3-27-17-8-12(4-7-16(17)26-2)9-18-19(24)23(20(25)28-18)11-13-5-6-14(22)10-15(13)21/h4-10H,3,11H2,1-2H3/b18-9+. The maximum absolute atomic E-state index is 13.2. The van der Waals surface area contributed by atoms with Gasteiger partial charge < -0.3 is 9.47 Å². The predicted molar refractivity (Wildman–Crippen MR) is 107 cm³/mol. The average molecular weight is 422 g/mol. The summed E-state index contributed by atoms with van der Waals surface area (Å²) in [6, 6.07) is 9.10. The zero-order valence-corrected chi connectivity index (χ0v) is 16.8. The number of imide groups is 1. The highest BCUT2D eigenvalue weighted by atomic mass is 35.5. The van der Waals surface area contributed by atoms with Gasteiger partial charge in [-0.1, -0.05) is 23.7 Å². The Morgan fingerprint density at radius 3 is 2.64 bits per heavy atom. The molecular formula is C20H17ClFNO4S. The first-order valence-electron chi connectivity index (χ1n) is 8.43. The van der Waals surface area contributed by atoms with Crippen LogP contribution < -0.4 is 9.47 Å². The van der Waals surface area contributed by atoms with Crippen LogP contribution in [0.4, 0.5) is 9.18 Å².